The monoisotopic (exact) mass is 214 g/mol. The van der Waals surface area contributed by atoms with Crippen LogP contribution in [0.2, 0.25) is 0 Å². The highest BCUT2D eigenvalue weighted by Gasteiger charge is 2.23. The van der Waals surface area contributed by atoms with E-state index in [0.29, 0.717) is 0 Å². The summed E-state index contributed by atoms with van der Waals surface area (Å²) in [5.74, 6) is -1.000. The quantitative estimate of drug-likeness (QED) is 0.504. The van der Waals surface area contributed by atoms with E-state index in [1.54, 1.807) is 0 Å². The van der Waals surface area contributed by atoms with Crippen molar-refractivity contribution in [2.24, 2.45) is 11.8 Å². The summed E-state index contributed by atoms with van der Waals surface area (Å²) in [5, 5.41) is 0. The van der Waals surface area contributed by atoms with E-state index in [2.05, 4.69) is 0 Å². The van der Waals surface area contributed by atoms with Crippen LogP contribution in [0, 0.1) is 11.8 Å². The third-order valence-electron chi connectivity index (χ3n) is 2.84. The van der Waals surface area contributed by atoms with Gasteiger partial charge in [-0.3, -0.25) is 9.59 Å². The summed E-state index contributed by atoms with van der Waals surface area (Å²) < 4.78 is 4.86. The van der Waals surface area contributed by atoms with Gasteiger partial charge in [0.05, 0.1) is 11.8 Å². The van der Waals surface area contributed by atoms with Crippen molar-refractivity contribution in [3.8, 4) is 0 Å². The highest BCUT2D eigenvalue weighted by atomic mass is 16.6. The van der Waals surface area contributed by atoms with Crippen molar-refractivity contribution in [1.29, 1.82) is 0 Å². The molecule has 0 aromatic heterocycles. The van der Waals surface area contributed by atoms with E-state index in [-0.39, 0.29) is 23.8 Å². The molecular weight excluding hydrogens is 192 g/mol. The van der Waals surface area contributed by atoms with Gasteiger partial charge >= 0.3 is 11.9 Å². The van der Waals surface area contributed by atoms with E-state index < -0.39 is 0 Å². The highest BCUT2D eigenvalue weighted by Crippen LogP contribution is 2.14. The number of carbonyl (C=O) groups excluding carboxylic acids is 2. The molecule has 0 radical (unpaired) electrons. The first-order valence-corrected chi connectivity index (χ1v) is 5.86. The topological polar surface area (TPSA) is 43.4 Å². The molecule has 88 valence electrons. The van der Waals surface area contributed by atoms with Crippen LogP contribution in [0.3, 0.4) is 0 Å². The van der Waals surface area contributed by atoms with Gasteiger partial charge in [0.15, 0.2) is 0 Å². The van der Waals surface area contributed by atoms with Crippen LogP contribution in [0.1, 0.15) is 53.4 Å². The number of hydrogen-bond acceptors (Lipinski definition) is 3. The van der Waals surface area contributed by atoms with Crippen LogP contribution in [-0.4, -0.2) is 11.9 Å². The molecule has 0 aromatic carbocycles. The molecule has 0 saturated heterocycles. The van der Waals surface area contributed by atoms with E-state index in [1.807, 2.05) is 27.7 Å². The predicted octanol–water partition coefficient (Wildman–Crippen LogP) is 2.93. The lowest BCUT2D eigenvalue weighted by Gasteiger charge is -2.14. The largest absolute Gasteiger partial charge is 0.393 e. The fourth-order valence-corrected chi connectivity index (χ4v) is 1.51. The molecule has 0 bridgehead atoms. The molecular formula is C12H22O3. The molecule has 0 aromatic rings. The molecule has 15 heavy (non-hydrogen) atoms. The fourth-order valence-electron chi connectivity index (χ4n) is 1.51. The number of rotatable bonds is 6. The number of esters is 2. The zero-order chi connectivity index (χ0) is 11.8. The van der Waals surface area contributed by atoms with Gasteiger partial charge in [-0.05, 0) is 25.7 Å². The van der Waals surface area contributed by atoms with Gasteiger partial charge < -0.3 is 4.74 Å². The summed E-state index contributed by atoms with van der Waals surface area (Å²) in [6, 6.07) is 0. The minimum atomic E-state index is -0.364. The van der Waals surface area contributed by atoms with Gasteiger partial charge in [0.2, 0.25) is 0 Å². The smallest absolute Gasteiger partial charge is 0.316 e. The van der Waals surface area contributed by atoms with Gasteiger partial charge in [0.1, 0.15) is 0 Å². The van der Waals surface area contributed by atoms with Crippen molar-refractivity contribution in [1.82, 2.24) is 0 Å². The number of carbonyl (C=O) groups is 2. The van der Waals surface area contributed by atoms with Crippen LogP contribution < -0.4 is 0 Å². The highest BCUT2D eigenvalue weighted by molar-refractivity contribution is 5.87. The van der Waals surface area contributed by atoms with Crippen molar-refractivity contribution in [2.75, 3.05) is 0 Å². The Kier molecular flexibility index (Phi) is 7.01. The number of hydrogen-bond donors (Lipinski definition) is 0. The third-order valence-corrected chi connectivity index (χ3v) is 2.84. The normalized spacial score (nSPS) is 10.8. The lowest BCUT2D eigenvalue weighted by atomic mass is 10.0. The molecule has 0 heterocycles. The molecule has 3 nitrogen and oxygen atoms in total. The lowest BCUT2D eigenvalue weighted by Crippen LogP contribution is -2.25. The molecule has 0 N–H and O–H groups in total. The Balaban J connectivity index is 4.21. The lowest BCUT2D eigenvalue weighted by molar-refractivity contribution is -0.165. The SMILES string of the molecule is CCC(CC)C(=O)OC(=O)C(CC)CC. The average Bonchev–Trinajstić information content (AvgIpc) is 2.21. The molecule has 0 atom stereocenters. The maximum absolute atomic E-state index is 11.5. The Bertz CT molecular complexity index is 181. The van der Waals surface area contributed by atoms with Crippen molar-refractivity contribution in [2.45, 2.75) is 53.4 Å². The van der Waals surface area contributed by atoms with E-state index in [1.165, 1.54) is 0 Å². The fraction of sp³-hybridized carbons (Fsp3) is 0.833. The van der Waals surface area contributed by atoms with Gasteiger partial charge in [-0.25, -0.2) is 0 Å². The Hall–Kier alpha value is -0.860. The van der Waals surface area contributed by atoms with E-state index in [0.717, 1.165) is 25.7 Å². The number of ether oxygens (including phenoxy) is 1. The second-order valence-electron chi connectivity index (χ2n) is 3.77. The van der Waals surface area contributed by atoms with Crippen LogP contribution in [0.5, 0.6) is 0 Å². The Labute approximate surface area is 92.2 Å². The van der Waals surface area contributed by atoms with Crippen LogP contribution in [0.4, 0.5) is 0 Å². The Morgan fingerprint density at radius 3 is 1.27 bits per heavy atom. The molecule has 0 aliphatic heterocycles. The zero-order valence-corrected chi connectivity index (χ0v) is 10.2. The predicted molar refractivity (Wildman–Crippen MR) is 59.2 cm³/mol. The molecule has 0 rings (SSSR count). The maximum atomic E-state index is 11.5. The first-order chi connectivity index (χ1) is 7.10. The average molecular weight is 214 g/mol. The molecule has 0 aliphatic carbocycles. The van der Waals surface area contributed by atoms with Crippen LogP contribution >= 0.6 is 0 Å². The van der Waals surface area contributed by atoms with E-state index >= 15 is 0 Å². The molecule has 0 spiro atoms. The van der Waals surface area contributed by atoms with Crippen molar-refractivity contribution >= 4 is 11.9 Å². The molecule has 0 amide bonds. The summed E-state index contributed by atoms with van der Waals surface area (Å²) >= 11 is 0. The maximum Gasteiger partial charge on any atom is 0.316 e. The van der Waals surface area contributed by atoms with Gasteiger partial charge in [-0.1, -0.05) is 27.7 Å². The van der Waals surface area contributed by atoms with Crippen molar-refractivity contribution in [3.05, 3.63) is 0 Å². The second kappa shape index (κ2) is 7.43. The summed E-state index contributed by atoms with van der Waals surface area (Å²) in [4.78, 5) is 23.0. The summed E-state index contributed by atoms with van der Waals surface area (Å²) in [6.45, 7) is 7.71. The summed E-state index contributed by atoms with van der Waals surface area (Å²) in [7, 11) is 0. The van der Waals surface area contributed by atoms with Crippen molar-refractivity contribution < 1.29 is 14.3 Å². The molecule has 0 saturated carbocycles. The van der Waals surface area contributed by atoms with Crippen LogP contribution in [0.25, 0.3) is 0 Å². The first kappa shape index (κ1) is 14.1. The van der Waals surface area contributed by atoms with Gasteiger partial charge in [0.25, 0.3) is 0 Å². The van der Waals surface area contributed by atoms with Gasteiger partial charge in [-0.2, -0.15) is 0 Å². The molecule has 0 unspecified atom stereocenters. The summed E-state index contributed by atoms with van der Waals surface area (Å²) in [5.41, 5.74) is 0. The Morgan fingerprint density at radius 1 is 0.800 bits per heavy atom. The first-order valence-electron chi connectivity index (χ1n) is 5.86. The molecule has 0 fully saturated rings. The van der Waals surface area contributed by atoms with E-state index in [4.69, 9.17) is 4.74 Å². The summed E-state index contributed by atoms with van der Waals surface area (Å²) in [6.07, 6.45) is 2.91. The minimum absolute atomic E-state index is 0.136. The zero-order valence-electron chi connectivity index (χ0n) is 10.2. The minimum Gasteiger partial charge on any atom is -0.393 e. The van der Waals surface area contributed by atoms with E-state index in [9.17, 15) is 9.59 Å². The second-order valence-corrected chi connectivity index (χ2v) is 3.77. The third kappa shape index (κ3) is 4.45. The van der Waals surface area contributed by atoms with Crippen molar-refractivity contribution in [3.63, 3.8) is 0 Å². The standard InChI is InChI=1S/C12H22O3/c1-5-9(6-2)11(13)15-12(14)10(7-3)8-4/h9-10H,5-8H2,1-4H3. The van der Waals surface area contributed by atoms with Crippen LogP contribution in [0.15, 0.2) is 0 Å². The molecule has 3 heteroatoms. The molecule has 0 aliphatic rings. The van der Waals surface area contributed by atoms with Gasteiger partial charge in [0, 0.05) is 0 Å². The Morgan fingerprint density at radius 2 is 1.07 bits per heavy atom. The van der Waals surface area contributed by atoms with Crippen LogP contribution in [-0.2, 0) is 14.3 Å². The van der Waals surface area contributed by atoms with Gasteiger partial charge in [-0.15, -0.1) is 0 Å².